The second kappa shape index (κ2) is 5.34. The fraction of sp³-hybridized carbons (Fsp3) is 0.278. The Kier molecular flexibility index (Phi) is 3.20. The summed E-state index contributed by atoms with van der Waals surface area (Å²) in [6.45, 7) is 3.58. The fourth-order valence-corrected chi connectivity index (χ4v) is 3.10. The number of benzene rings is 1. The number of aliphatic imine (C=N–C) groups is 1. The van der Waals surface area contributed by atoms with Crippen LogP contribution >= 0.6 is 0 Å². The van der Waals surface area contributed by atoms with Gasteiger partial charge in [-0.3, -0.25) is 4.99 Å². The standard InChI is InChI=1S/C18H18N2O/c1-2-4-14(5-3-1)17-13-19-18-7-6-15(12-16(17)18)20-8-10-21-11-9-20/h1-7,12-13,16H,8-11H2. The number of fused-ring (bicyclic) bond motifs is 1. The van der Waals surface area contributed by atoms with Crippen molar-refractivity contribution in [3.63, 3.8) is 0 Å². The van der Waals surface area contributed by atoms with E-state index in [9.17, 15) is 0 Å². The first-order valence-corrected chi connectivity index (χ1v) is 7.47. The molecule has 0 bridgehead atoms. The molecule has 0 N–H and O–H groups in total. The zero-order valence-electron chi connectivity index (χ0n) is 11.9. The molecule has 1 aromatic carbocycles. The predicted octanol–water partition coefficient (Wildman–Crippen LogP) is 2.88. The maximum atomic E-state index is 5.44. The molecule has 21 heavy (non-hydrogen) atoms. The van der Waals surface area contributed by atoms with Crippen molar-refractivity contribution in [1.82, 2.24) is 4.90 Å². The molecule has 0 radical (unpaired) electrons. The molecular weight excluding hydrogens is 260 g/mol. The molecule has 0 saturated carbocycles. The topological polar surface area (TPSA) is 24.8 Å². The fourth-order valence-electron chi connectivity index (χ4n) is 3.10. The second-order valence-electron chi connectivity index (χ2n) is 5.51. The molecule has 4 rings (SSSR count). The number of morpholine rings is 1. The van der Waals surface area contributed by atoms with Gasteiger partial charge in [0.05, 0.1) is 18.9 Å². The van der Waals surface area contributed by atoms with Crippen LogP contribution < -0.4 is 0 Å². The number of hydrogen-bond donors (Lipinski definition) is 0. The second-order valence-corrected chi connectivity index (χ2v) is 5.51. The highest BCUT2D eigenvalue weighted by Gasteiger charge is 2.27. The highest BCUT2D eigenvalue weighted by atomic mass is 16.5. The van der Waals surface area contributed by atoms with Gasteiger partial charge >= 0.3 is 0 Å². The quantitative estimate of drug-likeness (QED) is 0.831. The Morgan fingerprint density at radius 3 is 2.67 bits per heavy atom. The average molecular weight is 278 g/mol. The molecule has 3 heteroatoms. The maximum Gasteiger partial charge on any atom is 0.0642 e. The van der Waals surface area contributed by atoms with Gasteiger partial charge in [0.2, 0.25) is 0 Å². The van der Waals surface area contributed by atoms with E-state index in [1.807, 2.05) is 6.20 Å². The van der Waals surface area contributed by atoms with Crippen LogP contribution in [0.1, 0.15) is 5.56 Å². The first-order valence-electron chi connectivity index (χ1n) is 7.47. The van der Waals surface area contributed by atoms with Gasteiger partial charge in [0.1, 0.15) is 0 Å². The summed E-state index contributed by atoms with van der Waals surface area (Å²) in [6.07, 6.45) is 8.69. The molecule has 1 atom stereocenters. The van der Waals surface area contributed by atoms with Gasteiger partial charge in [0.25, 0.3) is 0 Å². The van der Waals surface area contributed by atoms with Crippen LogP contribution in [-0.4, -0.2) is 36.9 Å². The van der Waals surface area contributed by atoms with Gasteiger partial charge in [-0.1, -0.05) is 30.3 Å². The molecule has 106 valence electrons. The monoisotopic (exact) mass is 278 g/mol. The minimum absolute atomic E-state index is 0.287. The van der Waals surface area contributed by atoms with Crippen LogP contribution in [-0.2, 0) is 4.74 Å². The zero-order chi connectivity index (χ0) is 14.1. The van der Waals surface area contributed by atoms with E-state index in [1.54, 1.807) is 0 Å². The van der Waals surface area contributed by atoms with E-state index < -0.39 is 0 Å². The predicted molar refractivity (Wildman–Crippen MR) is 85.0 cm³/mol. The molecular formula is C18H18N2O. The Morgan fingerprint density at radius 1 is 1.05 bits per heavy atom. The molecule has 0 amide bonds. The molecule has 1 fully saturated rings. The van der Waals surface area contributed by atoms with Crippen LogP contribution in [0.3, 0.4) is 0 Å². The van der Waals surface area contributed by atoms with Gasteiger partial charge < -0.3 is 9.64 Å². The molecule has 1 saturated heterocycles. The van der Waals surface area contributed by atoms with E-state index in [0.717, 1.165) is 32.0 Å². The van der Waals surface area contributed by atoms with Gasteiger partial charge in [0.15, 0.2) is 0 Å². The lowest BCUT2D eigenvalue weighted by atomic mass is 9.87. The van der Waals surface area contributed by atoms with E-state index in [2.05, 4.69) is 58.5 Å². The lowest BCUT2D eigenvalue weighted by molar-refractivity contribution is 0.0552. The summed E-state index contributed by atoms with van der Waals surface area (Å²) < 4.78 is 5.44. The van der Waals surface area contributed by atoms with Crippen LogP contribution in [0.2, 0.25) is 0 Å². The lowest BCUT2D eigenvalue weighted by Gasteiger charge is -2.32. The van der Waals surface area contributed by atoms with Crippen molar-refractivity contribution < 1.29 is 4.74 Å². The molecule has 0 aromatic heterocycles. The van der Waals surface area contributed by atoms with Gasteiger partial charge in [-0.15, -0.1) is 0 Å². The number of ether oxygens (including phenoxy) is 1. The Morgan fingerprint density at radius 2 is 1.86 bits per heavy atom. The third kappa shape index (κ3) is 2.34. The van der Waals surface area contributed by atoms with E-state index in [-0.39, 0.29) is 5.92 Å². The molecule has 1 unspecified atom stereocenters. The average Bonchev–Trinajstić information content (AvgIpc) is 2.99. The van der Waals surface area contributed by atoms with Crippen molar-refractivity contribution in [2.24, 2.45) is 10.9 Å². The highest BCUT2D eigenvalue weighted by molar-refractivity contribution is 6.10. The molecule has 2 heterocycles. The van der Waals surface area contributed by atoms with Crippen molar-refractivity contribution in [2.75, 3.05) is 26.3 Å². The van der Waals surface area contributed by atoms with Crippen LogP contribution in [0, 0.1) is 5.92 Å². The van der Waals surface area contributed by atoms with E-state index in [1.165, 1.54) is 16.8 Å². The Hall–Kier alpha value is -2.13. The summed E-state index contributed by atoms with van der Waals surface area (Å²) in [4.78, 5) is 6.98. The first kappa shape index (κ1) is 12.6. The van der Waals surface area contributed by atoms with Crippen molar-refractivity contribution in [3.8, 4) is 0 Å². The van der Waals surface area contributed by atoms with E-state index >= 15 is 0 Å². The third-order valence-corrected chi connectivity index (χ3v) is 4.25. The van der Waals surface area contributed by atoms with Gasteiger partial charge in [-0.05, 0) is 29.4 Å². The maximum absolute atomic E-state index is 5.44. The van der Waals surface area contributed by atoms with E-state index in [0.29, 0.717) is 0 Å². The highest BCUT2D eigenvalue weighted by Crippen LogP contribution is 2.34. The first-order chi connectivity index (χ1) is 10.4. The largest absolute Gasteiger partial charge is 0.378 e. The van der Waals surface area contributed by atoms with Crippen molar-refractivity contribution in [2.45, 2.75) is 0 Å². The normalized spacial score (nSPS) is 24.3. The SMILES string of the molecule is C1=CC2=NC=C(c3ccccc3)C2C=C1N1CCOCC1. The minimum atomic E-state index is 0.287. The summed E-state index contributed by atoms with van der Waals surface area (Å²) in [5, 5.41) is 0. The molecule has 3 aliphatic rings. The molecule has 0 spiro atoms. The van der Waals surface area contributed by atoms with Gasteiger partial charge in [0, 0.05) is 30.9 Å². The van der Waals surface area contributed by atoms with Gasteiger partial charge in [-0.25, -0.2) is 0 Å². The van der Waals surface area contributed by atoms with Crippen LogP contribution in [0.5, 0.6) is 0 Å². The lowest BCUT2D eigenvalue weighted by Crippen LogP contribution is -2.36. The van der Waals surface area contributed by atoms with Crippen molar-refractivity contribution in [1.29, 1.82) is 0 Å². The number of nitrogens with zero attached hydrogens (tertiary/aromatic N) is 2. The summed E-state index contributed by atoms with van der Waals surface area (Å²) in [7, 11) is 0. The molecule has 3 nitrogen and oxygen atoms in total. The smallest absolute Gasteiger partial charge is 0.0642 e. The molecule has 2 aliphatic heterocycles. The van der Waals surface area contributed by atoms with Crippen molar-refractivity contribution >= 4 is 11.3 Å². The number of rotatable bonds is 2. The Bertz CT molecular complexity index is 649. The Labute approximate surface area is 124 Å². The van der Waals surface area contributed by atoms with E-state index in [4.69, 9.17) is 4.74 Å². The van der Waals surface area contributed by atoms with Gasteiger partial charge in [-0.2, -0.15) is 0 Å². The van der Waals surface area contributed by atoms with Crippen LogP contribution in [0.25, 0.3) is 5.57 Å². The number of allylic oxidation sites excluding steroid dienone is 4. The molecule has 1 aromatic rings. The van der Waals surface area contributed by atoms with Crippen LogP contribution in [0.15, 0.2) is 65.4 Å². The van der Waals surface area contributed by atoms with Crippen LogP contribution in [0.4, 0.5) is 0 Å². The zero-order valence-corrected chi connectivity index (χ0v) is 11.9. The summed E-state index contributed by atoms with van der Waals surface area (Å²) >= 11 is 0. The summed E-state index contributed by atoms with van der Waals surface area (Å²) in [5.41, 5.74) is 4.99. The Balaban J connectivity index is 1.62. The summed E-state index contributed by atoms with van der Waals surface area (Å²) in [5.74, 6) is 0.287. The third-order valence-electron chi connectivity index (χ3n) is 4.25. The summed E-state index contributed by atoms with van der Waals surface area (Å²) in [6, 6.07) is 10.5. The minimum Gasteiger partial charge on any atom is -0.378 e. The van der Waals surface area contributed by atoms with Crippen molar-refractivity contribution in [3.05, 3.63) is 66.0 Å². The number of hydrogen-bond acceptors (Lipinski definition) is 3. The molecule has 1 aliphatic carbocycles.